The summed E-state index contributed by atoms with van der Waals surface area (Å²) in [7, 11) is 0. The number of carboxylic acid groups (broad SMARTS) is 1. The van der Waals surface area contributed by atoms with E-state index in [-0.39, 0.29) is 12.3 Å². The van der Waals surface area contributed by atoms with Crippen molar-refractivity contribution in [1.82, 2.24) is 0 Å². The van der Waals surface area contributed by atoms with Gasteiger partial charge in [0.05, 0.1) is 12.3 Å². The van der Waals surface area contributed by atoms with Crippen molar-refractivity contribution in [2.45, 2.75) is 19.3 Å². The minimum Gasteiger partial charge on any atom is -0.481 e. The lowest BCUT2D eigenvalue weighted by Gasteiger charge is -2.05. The van der Waals surface area contributed by atoms with Crippen LogP contribution in [0, 0.1) is 6.92 Å². The van der Waals surface area contributed by atoms with E-state index in [1.165, 1.54) is 0 Å². The molecule has 1 aromatic rings. The topological polar surface area (TPSA) is 66.4 Å². The Balaban J connectivity index is 2.41. The van der Waals surface area contributed by atoms with Crippen LogP contribution in [0.1, 0.15) is 23.5 Å². The van der Waals surface area contributed by atoms with Crippen LogP contribution < -0.4 is 5.32 Å². The van der Waals surface area contributed by atoms with Crippen molar-refractivity contribution in [1.29, 1.82) is 0 Å². The van der Waals surface area contributed by atoms with Crippen molar-refractivity contribution in [2.24, 2.45) is 0 Å². The lowest BCUT2D eigenvalue weighted by molar-refractivity contribution is -0.138. The van der Waals surface area contributed by atoms with Crippen LogP contribution in [0.25, 0.3) is 0 Å². The molecule has 15 heavy (non-hydrogen) atoms. The van der Waals surface area contributed by atoms with Crippen LogP contribution in [0.3, 0.4) is 0 Å². The molecule has 0 unspecified atom stereocenters. The molecule has 4 heteroatoms. The summed E-state index contributed by atoms with van der Waals surface area (Å²) in [6.45, 7) is 1.89. The fourth-order valence-electron chi connectivity index (χ4n) is 1.88. The normalized spacial score (nSPS) is 18.5. The molecule has 1 aliphatic rings. The van der Waals surface area contributed by atoms with Crippen molar-refractivity contribution in [3.8, 4) is 0 Å². The van der Waals surface area contributed by atoms with Gasteiger partial charge in [-0.15, -0.1) is 0 Å². The lowest BCUT2D eigenvalue weighted by Crippen LogP contribution is -2.15. The molecular weight excluding hydrogens is 194 g/mol. The van der Waals surface area contributed by atoms with Gasteiger partial charge < -0.3 is 10.4 Å². The highest BCUT2D eigenvalue weighted by atomic mass is 16.4. The maximum absolute atomic E-state index is 11.5. The fourth-order valence-corrected chi connectivity index (χ4v) is 1.88. The highest BCUT2D eigenvalue weighted by molar-refractivity contribution is 6.05. The van der Waals surface area contributed by atoms with E-state index >= 15 is 0 Å². The second kappa shape index (κ2) is 3.38. The number of aliphatic carboxylic acids is 1. The summed E-state index contributed by atoms with van der Waals surface area (Å²) in [5, 5.41) is 11.4. The van der Waals surface area contributed by atoms with Gasteiger partial charge in [0.25, 0.3) is 0 Å². The first-order valence-electron chi connectivity index (χ1n) is 4.72. The SMILES string of the molecule is Cc1cccc2c1NC(=O)[C@@H]2CC(=O)O. The third-order valence-corrected chi connectivity index (χ3v) is 2.62. The van der Waals surface area contributed by atoms with Crippen LogP contribution in [0.5, 0.6) is 0 Å². The maximum Gasteiger partial charge on any atom is 0.304 e. The second-order valence-electron chi connectivity index (χ2n) is 3.68. The van der Waals surface area contributed by atoms with Crippen LogP contribution in [-0.4, -0.2) is 17.0 Å². The molecule has 1 aliphatic heterocycles. The zero-order valence-electron chi connectivity index (χ0n) is 8.28. The Labute approximate surface area is 86.9 Å². The summed E-state index contributed by atoms with van der Waals surface area (Å²) >= 11 is 0. The average molecular weight is 205 g/mol. The summed E-state index contributed by atoms with van der Waals surface area (Å²) in [5.74, 6) is -1.72. The Kier molecular flexibility index (Phi) is 2.19. The molecule has 0 aromatic heterocycles. The van der Waals surface area contributed by atoms with E-state index in [9.17, 15) is 9.59 Å². The van der Waals surface area contributed by atoms with Crippen LogP contribution in [-0.2, 0) is 9.59 Å². The average Bonchev–Trinajstić information content (AvgIpc) is 2.45. The Morgan fingerprint density at radius 1 is 1.53 bits per heavy atom. The van der Waals surface area contributed by atoms with Crippen molar-refractivity contribution in [3.63, 3.8) is 0 Å². The van der Waals surface area contributed by atoms with Crippen LogP contribution >= 0.6 is 0 Å². The second-order valence-corrected chi connectivity index (χ2v) is 3.68. The lowest BCUT2D eigenvalue weighted by atomic mass is 9.96. The number of nitrogens with one attached hydrogen (secondary N) is 1. The van der Waals surface area contributed by atoms with Crippen molar-refractivity contribution in [2.75, 3.05) is 5.32 Å². The number of benzene rings is 1. The van der Waals surface area contributed by atoms with E-state index in [0.29, 0.717) is 0 Å². The molecule has 4 nitrogen and oxygen atoms in total. The number of carbonyl (C=O) groups excluding carboxylic acids is 1. The molecule has 78 valence electrons. The van der Waals surface area contributed by atoms with Gasteiger partial charge in [-0.2, -0.15) is 0 Å². The van der Waals surface area contributed by atoms with Gasteiger partial charge in [-0.25, -0.2) is 0 Å². The molecule has 0 bridgehead atoms. The molecule has 1 aromatic carbocycles. The zero-order valence-corrected chi connectivity index (χ0v) is 8.28. The van der Waals surface area contributed by atoms with Crippen LogP contribution in [0.4, 0.5) is 5.69 Å². The molecule has 1 atom stereocenters. The number of fused-ring (bicyclic) bond motifs is 1. The van der Waals surface area contributed by atoms with Gasteiger partial charge in [-0.05, 0) is 18.1 Å². The number of rotatable bonds is 2. The van der Waals surface area contributed by atoms with Crippen molar-refractivity contribution >= 4 is 17.6 Å². The minimum atomic E-state index is -0.954. The first-order valence-corrected chi connectivity index (χ1v) is 4.72. The van der Waals surface area contributed by atoms with E-state index in [1.807, 2.05) is 19.1 Å². The molecule has 0 aliphatic carbocycles. The molecule has 0 fully saturated rings. The monoisotopic (exact) mass is 205 g/mol. The molecule has 1 amide bonds. The first kappa shape index (κ1) is 9.71. The fraction of sp³-hybridized carbons (Fsp3) is 0.273. The number of carboxylic acids is 1. The van der Waals surface area contributed by atoms with E-state index in [0.717, 1.165) is 16.8 Å². The highest BCUT2D eigenvalue weighted by Gasteiger charge is 2.32. The van der Waals surface area contributed by atoms with Crippen LogP contribution in [0.15, 0.2) is 18.2 Å². The van der Waals surface area contributed by atoms with E-state index < -0.39 is 11.9 Å². The minimum absolute atomic E-state index is 0.151. The van der Waals surface area contributed by atoms with E-state index in [4.69, 9.17) is 5.11 Å². The zero-order chi connectivity index (χ0) is 11.0. The van der Waals surface area contributed by atoms with Crippen molar-refractivity contribution in [3.05, 3.63) is 29.3 Å². The molecule has 0 saturated carbocycles. The molecule has 0 radical (unpaired) electrons. The maximum atomic E-state index is 11.5. The van der Waals surface area contributed by atoms with Gasteiger partial charge in [0.1, 0.15) is 0 Å². The number of amides is 1. The third-order valence-electron chi connectivity index (χ3n) is 2.62. The molecule has 2 rings (SSSR count). The predicted molar refractivity (Wildman–Crippen MR) is 54.8 cm³/mol. The summed E-state index contributed by atoms with van der Waals surface area (Å²) < 4.78 is 0. The Hall–Kier alpha value is -1.84. The first-order chi connectivity index (χ1) is 7.09. The standard InChI is InChI=1S/C11H11NO3/c1-6-3-2-4-7-8(5-9(13)14)11(15)12-10(6)7/h2-4,8H,5H2,1H3,(H,12,15)(H,13,14)/t8-/m1/s1. The Morgan fingerprint density at radius 2 is 2.27 bits per heavy atom. The number of anilines is 1. The van der Waals surface area contributed by atoms with E-state index in [1.54, 1.807) is 6.07 Å². The van der Waals surface area contributed by atoms with Crippen molar-refractivity contribution < 1.29 is 14.7 Å². The molecule has 2 N–H and O–H groups in total. The summed E-state index contributed by atoms with van der Waals surface area (Å²) in [6.07, 6.45) is -0.151. The predicted octanol–water partition coefficient (Wildman–Crippen LogP) is 1.51. The Bertz CT molecular complexity index is 439. The van der Waals surface area contributed by atoms with Gasteiger partial charge in [-0.1, -0.05) is 18.2 Å². The molecule has 0 saturated heterocycles. The smallest absolute Gasteiger partial charge is 0.304 e. The summed E-state index contributed by atoms with van der Waals surface area (Å²) in [6, 6.07) is 5.53. The molecule has 1 heterocycles. The highest BCUT2D eigenvalue weighted by Crippen LogP contribution is 2.36. The largest absolute Gasteiger partial charge is 0.481 e. The molecular formula is C11H11NO3. The van der Waals surface area contributed by atoms with Crippen LogP contribution in [0.2, 0.25) is 0 Å². The number of aryl methyl sites for hydroxylation is 1. The van der Waals surface area contributed by atoms with E-state index in [2.05, 4.69) is 5.32 Å². The number of hydrogen-bond acceptors (Lipinski definition) is 2. The summed E-state index contributed by atoms with van der Waals surface area (Å²) in [4.78, 5) is 22.2. The molecule has 0 spiro atoms. The number of hydrogen-bond donors (Lipinski definition) is 2. The van der Waals surface area contributed by atoms with Gasteiger partial charge in [-0.3, -0.25) is 9.59 Å². The summed E-state index contributed by atoms with van der Waals surface area (Å²) in [5.41, 5.74) is 2.53. The van der Waals surface area contributed by atoms with Gasteiger partial charge in [0.2, 0.25) is 5.91 Å². The van der Waals surface area contributed by atoms with Gasteiger partial charge >= 0.3 is 5.97 Å². The van der Waals surface area contributed by atoms with Gasteiger partial charge in [0.15, 0.2) is 0 Å². The van der Waals surface area contributed by atoms with Gasteiger partial charge in [0, 0.05) is 5.69 Å². The number of para-hydroxylation sites is 1. The quantitative estimate of drug-likeness (QED) is 0.769. The number of carbonyl (C=O) groups is 2. The Morgan fingerprint density at radius 3 is 2.93 bits per heavy atom. The third kappa shape index (κ3) is 1.58.